The van der Waals surface area contributed by atoms with E-state index in [2.05, 4.69) is 24.7 Å². The van der Waals surface area contributed by atoms with Crippen LogP contribution in [0.5, 0.6) is 17.2 Å². The summed E-state index contributed by atoms with van der Waals surface area (Å²) in [7, 11) is 1.50. The Morgan fingerprint density at radius 3 is 2.52 bits per heavy atom. The first-order valence-electron chi connectivity index (χ1n) is 15.4. The summed E-state index contributed by atoms with van der Waals surface area (Å²) in [5, 5.41) is 0.347. The maximum atomic E-state index is 14.1. The standard InChI is InChI=1S/C34H37F2N5O3/c1-43-32-14-23(2-5-29(32)35)21-39-10-12-41(13-11-39)26-17-34(18-26)6-8-40(9-7-34)25-4-3-24(22-42)31(15-25)44-27-16-28-30(36)20-38-33(28)37-19-27/h2-5,14-16,19-20,22,26H,6-13,17-18,21H2,1H3,(H,37,38). The number of ether oxygens (including phenoxy) is 2. The van der Waals surface area contributed by atoms with Crippen LogP contribution in [0.15, 0.2) is 54.9 Å². The molecule has 0 amide bonds. The fraction of sp³-hybridized carbons (Fsp3) is 0.412. The number of piperazine rings is 1. The van der Waals surface area contributed by atoms with Gasteiger partial charge in [0, 0.05) is 69.8 Å². The predicted molar refractivity (Wildman–Crippen MR) is 165 cm³/mol. The molecule has 8 nitrogen and oxygen atoms in total. The van der Waals surface area contributed by atoms with Gasteiger partial charge in [-0.1, -0.05) is 6.07 Å². The molecule has 4 aromatic rings. The van der Waals surface area contributed by atoms with Gasteiger partial charge < -0.3 is 19.4 Å². The van der Waals surface area contributed by atoms with Gasteiger partial charge in [0.05, 0.1) is 24.3 Å². The van der Waals surface area contributed by atoms with Gasteiger partial charge in [-0.25, -0.2) is 13.8 Å². The fourth-order valence-electron chi connectivity index (χ4n) is 7.23. The van der Waals surface area contributed by atoms with E-state index < -0.39 is 5.82 Å². The largest absolute Gasteiger partial charge is 0.494 e. The normalized spacial score (nSPS) is 19.3. The molecule has 2 saturated heterocycles. The minimum absolute atomic E-state index is 0.305. The number of piperidine rings is 1. The number of carbonyl (C=O) groups is 1. The second-order valence-corrected chi connectivity index (χ2v) is 12.5. The Bertz CT molecular complexity index is 1650. The van der Waals surface area contributed by atoms with Crippen molar-refractivity contribution in [3.8, 4) is 17.2 Å². The van der Waals surface area contributed by atoms with Crippen LogP contribution in [0.2, 0.25) is 0 Å². The molecule has 230 valence electrons. The molecule has 2 aromatic carbocycles. The molecular formula is C34H37F2N5O3. The number of anilines is 1. The lowest BCUT2D eigenvalue weighted by molar-refractivity contribution is -0.0355. The number of benzene rings is 2. The molecule has 1 spiro atoms. The monoisotopic (exact) mass is 601 g/mol. The number of H-pyrrole nitrogens is 1. The van der Waals surface area contributed by atoms with Gasteiger partial charge in [0.25, 0.3) is 0 Å². The van der Waals surface area contributed by atoms with Crippen molar-refractivity contribution in [2.45, 2.75) is 38.3 Å². The number of methoxy groups -OCH3 is 1. The number of nitrogens with one attached hydrogen (secondary N) is 1. The van der Waals surface area contributed by atoms with Gasteiger partial charge in [-0.15, -0.1) is 0 Å². The summed E-state index contributed by atoms with van der Waals surface area (Å²) < 4.78 is 39.0. The lowest BCUT2D eigenvalue weighted by atomic mass is 9.60. The summed E-state index contributed by atoms with van der Waals surface area (Å²) in [4.78, 5) is 26.2. The molecule has 4 heterocycles. The Labute approximate surface area is 255 Å². The van der Waals surface area contributed by atoms with Crippen LogP contribution in [-0.2, 0) is 6.54 Å². The lowest BCUT2D eigenvalue weighted by Gasteiger charge is -2.56. The number of aromatic amines is 1. The highest BCUT2D eigenvalue weighted by molar-refractivity contribution is 5.82. The molecule has 3 aliphatic rings. The first-order valence-corrected chi connectivity index (χ1v) is 15.4. The molecule has 0 bridgehead atoms. The SMILES string of the molecule is COc1cc(CN2CCN(C3CC4(CCN(c5ccc(C=O)c(Oc6cnc7[nH]cc(F)c7c6)c5)CC4)C3)CC2)ccc1F. The number of hydrogen-bond acceptors (Lipinski definition) is 7. The molecular weight excluding hydrogens is 564 g/mol. The summed E-state index contributed by atoms with van der Waals surface area (Å²) >= 11 is 0. The summed E-state index contributed by atoms with van der Waals surface area (Å²) in [5.74, 6) is 0.411. The zero-order valence-electron chi connectivity index (χ0n) is 24.9. The zero-order chi connectivity index (χ0) is 30.3. The van der Waals surface area contributed by atoms with Crippen molar-refractivity contribution in [2.24, 2.45) is 5.41 Å². The molecule has 1 saturated carbocycles. The summed E-state index contributed by atoms with van der Waals surface area (Å²) in [6.07, 6.45) is 8.37. The number of carbonyl (C=O) groups excluding carboxylic acids is 1. The number of fused-ring (bicyclic) bond motifs is 1. The summed E-state index contributed by atoms with van der Waals surface area (Å²) in [6.45, 7) is 6.90. The summed E-state index contributed by atoms with van der Waals surface area (Å²) in [6, 6.07) is 13.1. The van der Waals surface area contributed by atoms with Crippen molar-refractivity contribution in [1.29, 1.82) is 0 Å². The maximum absolute atomic E-state index is 14.1. The molecule has 44 heavy (non-hydrogen) atoms. The highest BCUT2D eigenvalue weighted by Gasteiger charge is 2.48. The van der Waals surface area contributed by atoms with Crippen LogP contribution >= 0.6 is 0 Å². The van der Waals surface area contributed by atoms with E-state index in [-0.39, 0.29) is 5.82 Å². The minimum Gasteiger partial charge on any atom is -0.494 e. The average molecular weight is 602 g/mol. The number of halogens is 2. The molecule has 7 rings (SSSR count). The second kappa shape index (κ2) is 11.8. The van der Waals surface area contributed by atoms with E-state index in [0.29, 0.717) is 45.3 Å². The van der Waals surface area contributed by atoms with Crippen LogP contribution in [-0.4, -0.2) is 78.5 Å². The van der Waals surface area contributed by atoms with Crippen LogP contribution < -0.4 is 14.4 Å². The number of rotatable bonds is 8. The summed E-state index contributed by atoms with van der Waals surface area (Å²) in [5.41, 5.74) is 3.40. The minimum atomic E-state index is -0.395. The van der Waals surface area contributed by atoms with Crippen molar-refractivity contribution < 1.29 is 23.0 Å². The Hall–Kier alpha value is -4.02. The number of aldehydes is 1. The smallest absolute Gasteiger partial charge is 0.165 e. The van der Waals surface area contributed by atoms with Crippen molar-refractivity contribution in [3.63, 3.8) is 0 Å². The quantitative estimate of drug-likeness (QED) is 0.248. The number of pyridine rings is 1. The van der Waals surface area contributed by atoms with Gasteiger partial charge in [-0.05, 0) is 67.0 Å². The molecule has 2 aliphatic heterocycles. The highest BCUT2D eigenvalue weighted by Crippen LogP contribution is 2.51. The third-order valence-electron chi connectivity index (χ3n) is 9.88. The van der Waals surface area contributed by atoms with Crippen molar-refractivity contribution in [3.05, 3.63) is 77.6 Å². The first-order chi connectivity index (χ1) is 21.4. The molecule has 1 aliphatic carbocycles. The molecule has 2 aromatic heterocycles. The molecule has 0 atom stereocenters. The van der Waals surface area contributed by atoms with Crippen molar-refractivity contribution in [1.82, 2.24) is 19.8 Å². The van der Waals surface area contributed by atoms with Gasteiger partial charge in [-0.3, -0.25) is 14.6 Å². The van der Waals surface area contributed by atoms with E-state index >= 15 is 0 Å². The molecule has 0 unspecified atom stereocenters. The highest BCUT2D eigenvalue weighted by atomic mass is 19.1. The Kier molecular flexibility index (Phi) is 7.72. The Balaban J connectivity index is 0.915. The third-order valence-corrected chi connectivity index (χ3v) is 9.88. The van der Waals surface area contributed by atoms with E-state index in [1.165, 1.54) is 38.4 Å². The Morgan fingerprint density at radius 1 is 0.977 bits per heavy atom. The van der Waals surface area contributed by atoms with Crippen LogP contribution in [0.4, 0.5) is 14.5 Å². The number of nitrogens with zero attached hydrogens (tertiary/aromatic N) is 4. The molecule has 1 N–H and O–H groups in total. The first kappa shape index (κ1) is 28.7. The van der Waals surface area contributed by atoms with E-state index in [4.69, 9.17) is 9.47 Å². The average Bonchev–Trinajstić information content (AvgIpc) is 3.41. The third kappa shape index (κ3) is 5.64. The fourth-order valence-corrected chi connectivity index (χ4v) is 7.23. The number of hydrogen-bond donors (Lipinski definition) is 1. The van der Waals surface area contributed by atoms with E-state index in [0.717, 1.165) is 76.2 Å². The van der Waals surface area contributed by atoms with Crippen molar-refractivity contribution in [2.75, 3.05) is 51.3 Å². The topological polar surface area (TPSA) is 73.9 Å². The molecule has 10 heteroatoms. The lowest BCUT2D eigenvalue weighted by Crippen LogP contribution is -2.59. The molecule has 3 fully saturated rings. The van der Waals surface area contributed by atoms with E-state index in [1.807, 2.05) is 18.2 Å². The second-order valence-electron chi connectivity index (χ2n) is 12.5. The number of aromatic nitrogens is 2. The van der Waals surface area contributed by atoms with Crippen LogP contribution in [0.1, 0.15) is 41.6 Å². The van der Waals surface area contributed by atoms with Crippen LogP contribution in [0.25, 0.3) is 11.0 Å². The van der Waals surface area contributed by atoms with Gasteiger partial charge in [0.15, 0.2) is 17.9 Å². The van der Waals surface area contributed by atoms with Crippen molar-refractivity contribution >= 4 is 23.0 Å². The van der Waals surface area contributed by atoms with Gasteiger partial charge >= 0.3 is 0 Å². The van der Waals surface area contributed by atoms with Crippen LogP contribution in [0, 0.1) is 17.0 Å². The maximum Gasteiger partial charge on any atom is 0.165 e. The van der Waals surface area contributed by atoms with Gasteiger partial charge in [-0.2, -0.15) is 0 Å². The predicted octanol–water partition coefficient (Wildman–Crippen LogP) is 6.02. The molecule has 0 radical (unpaired) electrons. The van der Waals surface area contributed by atoms with Gasteiger partial charge in [0.2, 0.25) is 0 Å². The van der Waals surface area contributed by atoms with Gasteiger partial charge in [0.1, 0.15) is 23.0 Å². The Morgan fingerprint density at radius 2 is 1.77 bits per heavy atom. The van der Waals surface area contributed by atoms with E-state index in [1.54, 1.807) is 18.2 Å². The zero-order valence-corrected chi connectivity index (χ0v) is 24.9. The van der Waals surface area contributed by atoms with Crippen LogP contribution in [0.3, 0.4) is 0 Å². The van der Waals surface area contributed by atoms with E-state index in [9.17, 15) is 13.6 Å².